The summed E-state index contributed by atoms with van der Waals surface area (Å²) >= 11 is 0. The maximum absolute atomic E-state index is 13.3. The van der Waals surface area contributed by atoms with Gasteiger partial charge in [0.2, 0.25) is 5.75 Å². The van der Waals surface area contributed by atoms with E-state index in [2.05, 4.69) is 6.92 Å². The van der Waals surface area contributed by atoms with E-state index in [-0.39, 0.29) is 11.5 Å². The normalized spacial score (nSPS) is 12.6. The summed E-state index contributed by atoms with van der Waals surface area (Å²) in [5.74, 6) is -0.910. The molecule has 0 aliphatic carbocycles. The first-order valence-corrected chi connectivity index (χ1v) is 8.07. The number of benzene rings is 2. The fourth-order valence-corrected chi connectivity index (χ4v) is 2.83. The minimum Gasteiger partial charge on any atom is -0.493 e. The molecule has 0 heterocycles. The van der Waals surface area contributed by atoms with E-state index < -0.39 is 5.92 Å². The van der Waals surface area contributed by atoms with Gasteiger partial charge in [-0.2, -0.15) is 0 Å². The molecule has 5 heteroatoms. The van der Waals surface area contributed by atoms with Crippen molar-refractivity contribution in [2.75, 3.05) is 21.3 Å². The van der Waals surface area contributed by atoms with E-state index in [1.807, 2.05) is 12.1 Å². The van der Waals surface area contributed by atoms with Crippen molar-refractivity contribution in [2.45, 2.75) is 32.1 Å². The largest absolute Gasteiger partial charge is 0.493 e. The average Bonchev–Trinajstić information content (AvgIpc) is 2.60. The molecule has 0 spiro atoms. The number of ether oxygens (including phenoxy) is 3. The lowest BCUT2D eigenvalue weighted by Gasteiger charge is -2.17. The zero-order valence-electron chi connectivity index (χ0n) is 15.2. The van der Waals surface area contributed by atoms with Crippen LogP contribution in [0, 0.1) is 0 Å². The van der Waals surface area contributed by atoms with Gasteiger partial charge in [-0.3, -0.25) is 0 Å². The molecule has 0 unspecified atom stereocenters. The summed E-state index contributed by atoms with van der Waals surface area (Å²) in [6.45, 7) is 2.96. The molecule has 0 saturated heterocycles. The Labute approximate surface area is 147 Å². The fraction of sp³-hybridized carbons (Fsp3) is 0.400. The second-order valence-corrected chi connectivity index (χ2v) is 6.15. The molecule has 0 aliphatic heterocycles. The SMILES string of the molecule is COc1cc(C[C@@H](C)c2ccc(C(C)(F)F)cc2)cc(OC)c1OC. The predicted molar refractivity (Wildman–Crippen MR) is 94.2 cm³/mol. The van der Waals surface area contributed by atoms with Crippen LogP contribution in [0.1, 0.15) is 36.5 Å². The van der Waals surface area contributed by atoms with E-state index in [0.29, 0.717) is 17.2 Å². The van der Waals surface area contributed by atoms with Crippen LogP contribution in [0.2, 0.25) is 0 Å². The van der Waals surface area contributed by atoms with Crippen molar-refractivity contribution < 1.29 is 23.0 Å². The molecule has 2 aromatic carbocycles. The zero-order chi connectivity index (χ0) is 18.6. The van der Waals surface area contributed by atoms with Gasteiger partial charge in [0.25, 0.3) is 5.92 Å². The van der Waals surface area contributed by atoms with Crippen LogP contribution < -0.4 is 14.2 Å². The molecule has 3 nitrogen and oxygen atoms in total. The van der Waals surface area contributed by atoms with Gasteiger partial charge in [-0.1, -0.05) is 31.2 Å². The number of methoxy groups -OCH3 is 3. The van der Waals surface area contributed by atoms with E-state index in [1.165, 1.54) is 12.1 Å². The Morgan fingerprint density at radius 3 is 1.84 bits per heavy atom. The summed E-state index contributed by atoms with van der Waals surface area (Å²) < 4.78 is 42.7. The van der Waals surface area contributed by atoms with Crippen LogP contribution in [0.3, 0.4) is 0 Å². The van der Waals surface area contributed by atoms with E-state index in [0.717, 1.165) is 24.5 Å². The number of rotatable bonds is 7. The van der Waals surface area contributed by atoms with Crippen molar-refractivity contribution in [1.82, 2.24) is 0 Å². The maximum atomic E-state index is 13.3. The molecule has 136 valence electrons. The zero-order valence-corrected chi connectivity index (χ0v) is 15.2. The van der Waals surface area contributed by atoms with Crippen LogP contribution in [0.15, 0.2) is 36.4 Å². The van der Waals surface area contributed by atoms with Gasteiger partial charge in [-0.05, 0) is 35.6 Å². The maximum Gasteiger partial charge on any atom is 0.270 e. The molecule has 2 aromatic rings. The Balaban J connectivity index is 2.24. The summed E-state index contributed by atoms with van der Waals surface area (Å²) in [5.41, 5.74) is 2.05. The molecule has 0 saturated carbocycles. The van der Waals surface area contributed by atoms with Crippen LogP contribution in [0.25, 0.3) is 0 Å². The third kappa shape index (κ3) is 4.41. The molecule has 0 amide bonds. The number of halogens is 2. The van der Waals surface area contributed by atoms with Crippen LogP contribution in [0.4, 0.5) is 8.78 Å². The van der Waals surface area contributed by atoms with Gasteiger partial charge in [0.1, 0.15) is 0 Å². The lowest BCUT2D eigenvalue weighted by Crippen LogP contribution is -2.07. The van der Waals surface area contributed by atoms with Gasteiger partial charge in [0.15, 0.2) is 11.5 Å². The molecule has 0 bridgehead atoms. The Morgan fingerprint density at radius 2 is 1.44 bits per heavy atom. The Morgan fingerprint density at radius 1 is 0.920 bits per heavy atom. The minimum atomic E-state index is -2.82. The number of hydrogen-bond acceptors (Lipinski definition) is 3. The Kier molecular flexibility index (Phi) is 5.88. The lowest BCUT2D eigenvalue weighted by molar-refractivity contribution is 0.0174. The molecule has 0 aromatic heterocycles. The highest BCUT2D eigenvalue weighted by molar-refractivity contribution is 5.54. The van der Waals surface area contributed by atoms with Crippen LogP contribution in [-0.4, -0.2) is 21.3 Å². The molecule has 2 rings (SSSR count). The second kappa shape index (κ2) is 7.72. The quantitative estimate of drug-likeness (QED) is 0.689. The number of hydrogen-bond donors (Lipinski definition) is 0. The molecule has 0 N–H and O–H groups in total. The van der Waals surface area contributed by atoms with E-state index in [4.69, 9.17) is 14.2 Å². The van der Waals surface area contributed by atoms with E-state index >= 15 is 0 Å². The highest BCUT2D eigenvalue weighted by Crippen LogP contribution is 2.39. The van der Waals surface area contributed by atoms with Crippen LogP contribution >= 0.6 is 0 Å². The Bertz CT molecular complexity index is 681. The summed E-state index contributed by atoms with van der Waals surface area (Å²) in [7, 11) is 4.72. The van der Waals surface area contributed by atoms with Gasteiger partial charge in [0.05, 0.1) is 21.3 Å². The first-order valence-electron chi connectivity index (χ1n) is 8.07. The van der Waals surface area contributed by atoms with Crippen LogP contribution in [-0.2, 0) is 12.3 Å². The molecule has 25 heavy (non-hydrogen) atoms. The summed E-state index contributed by atoms with van der Waals surface area (Å²) in [4.78, 5) is 0. The summed E-state index contributed by atoms with van der Waals surface area (Å²) in [6, 6.07) is 10.3. The van der Waals surface area contributed by atoms with Gasteiger partial charge >= 0.3 is 0 Å². The first kappa shape index (κ1) is 19.0. The third-order valence-corrected chi connectivity index (χ3v) is 4.25. The number of alkyl halides is 2. The smallest absolute Gasteiger partial charge is 0.270 e. The first-order chi connectivity index (χ1) is 11.8. The summed E-state index contributed by atoms with van der Waals surface area (Å²) in [6.07, 6.45) is 0.721. The van der Waals surface area contributed by atoms with Gasteiger partial charge in [-0.15, -0.1) is 0 Å². The van der Waals surface area contributed by atoms with Gasteiger partial charge < -0.3 is 14.2 Å². The van der Waals surface area contributed by atoms with Crippen molar-refractivity contribution in [3.05, 3.63) is 53.1 Å². The highest BCUT2D eigenvalue weighted by atomic mass is 19.3. The fourth-order valence-electron chi connectivity index (χ4n) is 2.83. The molecule has 0 aliphatic rings. The minimum absolute atomic E-state index is 0.0243. The predicted octanol–water partition coefficient (Wildman–Crippen LogP) is 5.17. The van der Waals surface area contributed by atoms with Crippen molar-refractivity contribution >= 4 is 0 Å². The van der Waals surface area contributed by atoms with Crippen molar-refractivity contribution in [2.24, 2.45) is 0 Å². The second-order valence-electron chi connectivity index (χ2n) is 6.15. The average molecular weight is 350 g/mol. The van der Waals surface area contributed by atoms with Crippen LogP contribution in [0.5, 0.6) is 17.2 Å². The van der Waals surface area contributed by atoms with Gasteiger partial charge in [-0.25, -0.2) is 8.78 Å². The molecule has 0 fully saturated rings. The molecular weight excluding hydrogens is 326 g/mol. The van der Waals surface area contributed by atoms with Crippen molar-refractivity contribution in [3.8, 4) is 17.2 Å². The highest BCUT2D eigenvalue weighted by Gasteiger charge is 2.24. The standard InChI is InChI=1S/C20H24F2O3/c1-13(15-6-8-16(9-7-15)20(2,21)22)10-14-11-17(23-3)19(25-5)18(12-14)24-4/h6-9,11-13H,10H2,1-5H3/t13-/m1/s1. The monoisotopic (exact) mass is 350 g/mol. The van der Waals surface area contributed by atoms with Gasteiger partial charge in [0, 0.05) is 12.5 Å². The Hall–Kier alpha value is -2.30. The summed E-state index contributed by atoms with van der Waals surface area (Å²) in [5, 5.41) is 0. The lowest BCUT2D eigenvalue weighted by atomic mass is 9.92. The van der Waals surface area contributed by atoms with Crippen molar-refractivity contribution in [1.29, 1.82) is 0 Å². The third-order valence-electron chi connectivity index (χ3n) is 4.25. The molecular formula is C20H24F2O3. The molecule has 1 atom stereocenters. The molecule has 0 radical (unpaired) electrons. The van der Waals surface area contributed by atoms with Crippen molar-refractivity contribution in [3.63, 3.8) is 0 Å². The topological polar surface area (TPSA) is 27.7 Å². The van der Waals surface area contributed by atoms with E-state index in [9.17, 15) is 8.78 Å². The van der Waals surface area contributed by atoms with E-state index in [1.54, 1.807) is 33.5 Å².